The van der Waals surface area contributed by atoms with Crippen LogP contribution in [-0.2, 0) is 7.05 Å². The first-order chi connectivity index (χ1) is 6.20. The third-order valence-electron chi connectivity index (χ3n) is 1.73. The third-order valence-corrected chi connectivity index (χ3v) is 1.73. The molecule has 0 saturated heterocycles. The Labute approximate surface area is 76.7 Å². The van der Waals surface area contributed by atoms with E-state index in [9.17, 15) is 4.79 Å². The quantitative estimate of drug-likeness (QED) is 0.658. The molecule has 1 aromatic heterocycles. The molecule has 1 heterocycles. The number of ketones is 1. The van der Waals surface area contributed by atoms with Gasteiger partial charge >= 0.3 is 0 Å². The van der Waals surface area contributed by atoms with Crippen LogP contribution >= 0.6 is 0 Å². The van der Waals surface area contributed by atoms with Gasteiger partial charge in [-0.15, -0.1) is 0 Å². The fourth-order valence-electron chi connectivity index (χ4n) is 1.13. The maximum atomic E-state index is 11.5. The minimum absolute atomic E-state index is 0.0284. The molecule has 0 aliphatic rings. The average molecular weight is 183 g/mol. The number of hydrogen-bond donors (Lipinski definition) is 1. The van der Waals surface area contributed by atoms with E-state index in [0.717, 1.165) is 0 Å². The second kappa shape index (κ2) is 4.04. The Morgan fingerprint density at radius 2 is 2.46 bits per heavy atom. The van der Waals surface area contributed by atoms with Crippen molar-refractivity contribution < 1.29 is 9.53 Å². The van der Waals surface area contributed by atoms with Crippen LogP contribution in [0.3, 0.4) is 0 Å². The van der Waals surface area contributed by atoms with Crippen LogP contribution in [0.4, 0.5) is 0 Å². The van der Waals surface area contributed by atoms with E-state index < -0.39 is 0 Å². The number of ether oxygens (including phenoxy) is 1. The van der Waals surface area contributed by atoms with Gasteiger partial charge in [0.1, 0.15) is 5.69 Å². The van der Waals surface area contributed by atoms with Gasteiger partial charge in [-0.1, -0.05) is 0 Å². The van der Waals surface area contributed by atoms with E-state index >= 15 is 0 Å². The molecular weight excluding hydrogens is 170 g/mol. The summed E-state index contributed by atoms with van der Waals surface area (Å²) in [5, 5.41) is 6.72. The molecule has 1 rings (SSSR count). The molecule has 1 N–H and O–H groups in total. The molecule has 1 aromatic rings. The molecule has 0 atom stereocenters. The normalized spacial score (nSPS) is 10.1. The maximum Gasteiger partial charge on any atom is 0.198 e. The predicted molar refractivity (Wildman–Crippen MR) is 48.0 cm³/mol. The predicted octanol–water partition coefficient (Wildman–Crippen LogP) is -0.169. The SMILES string of the molecule is CNCC(=O)c1c(OC)cnn1C. The molecule has 0 bridgehead atoms. The van der Waals surface area contributed by atoms with Gasteiger partial charge in [0, 0.05) is 7.05 Å². The van der Waals surface area contributed by atoms with Gasteiger partial charge in [-0.05, 0) is 7.05 Å². The van der Waals surface area contributed by atoms with Crippen LogP contribution in [0.5, 0.6) is 5.75 Å². The van der Waals surface area contributed by atoms with Crippen molar-refractivity contribution in [2.24, 2.45) is 7.05 Å². The van der Waals surface area contributed by atoms with Gasteiger partial charge in [-0.25, -0.2) is 0 Å². The second-order valence-corrected chi connectivity index (χ2v) is 2.64. The first kappa shape index (κ1) is 9.73. The number of nitrogens with zero attached hydrogens (tertiary/aromatic N) is 2. The van der Waals surface area contributed by atoms with Crippen molar-refractivity contribution in [3.05, 3.63) is 11.9 Å². The molecule has 0 radical (unpaired) electrons. The summed E-state index contributed by atoms with van der Waals surface area (Å²) in [7, 11) is 4.96. The highest BCUT2D eigenvalue weighted by atomic mass is 16.5. The van der Waals surface area contributed by atoms with Gasteiger partial charge in [-0.3, -0.25) is 9.48 Å². The first-order valence-electron chi connectivity index (χ1n) is 3.94. The minimum Gasteiger partial charge on any atom is -0.493 e. The van der Waals surface area contributed by atoms with E-state index in [2.05, 4.69) is 10.4 Å². The summed E-state index contributed by atoms with van der Waals surface area (Å²) in [5.74, 6) is 0.488. The number of aromatic nitrogens is 2. The van der Waals surface area contributed by atoms with Crippen LogP contribution in [0.15, 0.2) is 6.20 Å². The lowest BCUT2D eigenvalue weighted by Crippen LogP contribution is -2.21. The Kier molecular flexibility index (Phi) is 3.02. The summed E-state index contributed by atoms with van der Waals surface area (Å²) in [4.78, 5) is 11.5. The van der Waals surface area contributed by atoms with Crippen molar-refractivity contribution in [3.63, 3.8) is 0 Å². The molecule has 0 aromatic carbocycles. The van der Waals surface area contributed by atoms with Gasteiger partial charge in [0.15, 0.2) is 11.5 Å². The highest BCUT2D eigenvalue weighted by molar-refractivity contribution is 5.98. The third kappa shape index (κ3) is 1.86. The smallest absolute Gasteiger partial charge is 0.198 e. The molecule has 0 amide bonds. The van der Waals surface area contributed by atoms with E-state index in [1.165, 1.54) is 18.0 Å². The van der Waals surface area contributed by atoms with Crippen molar-refractivity contribution in [2.45, 2.75) is 0 Å². The monoisotopic (exact) mass is 183 g/mol. The standard InChI is InChI=1S/C8H13N3O2/c1-9-4-6(12)8-7(13-3)5-10-11(8)2/h5,9H,4H2,1-3H3. The van der Waals surface area contributed by atoms with E-state index in [-0.39, 0.29) is 12.3 Å². The van der Waals surface area contributed by atoms with Crippen molar-refractivity contribution >= 4 is 5.78 Å². The number of nitrogens with one attached hydrogen (secondary N) is 1. The van der Waals surface area contributed by atoms with Gasteiger partial charge < -0.3 is 10.1 Å². The molecule has 0 saturated carbocycles. The maximum absolute atomic E-state index is 11.5. The Hall–Kier alpha value is -1.36. The molecule has 72 valence electrons. The lowest BCUT2D eigenvalue weighted by atomic mass is 10.2. The van der Waals surface area contributed by atoms with E-state index in [0.29, 0.717) is 11.4 Å². The van der Waals surface area contributed by atoms with Gasteiger partial charge in [0.2, 0.25) is 0 Å². The topological polar surface area (TPSA) is 56.1 Å². The number of aryl methyl sites for hydroxylation is 1. The van der Waals surface area contributed by atoms with E-state index in [1.807, 2.05) is 0 Å². The molecule has 0 spiro atoms. The second-order valence-electron chi connectivity index (χ2n) is 2.64. The van der Waals surface area contributed by atoms with Crippen LogP contribution in [0, 0.1) is 0 Å². The van der Waals surface area contributed by atoms with Crippen molar-refractivity contribution in [1.29, 1.82) is 0 Å². The van der Waals surface area contributed by atoms with Crippen molar-refractivity contribution in [3.8, 4) is 5.75 Å². The largest absolute Gasteiger partial charge is 0.493 e. The highest BCUT2D eigenvalue weighted by Crippen LogP contribution is 2.16. The van der Waals surface area contributed by atoms with Gasteiger partial charge in [0.25, 0.3) is 0 Å². The zero-order chi connectivity index (χ0) is 9.84. The van der Waals surface area contributed by atoms with Crippen LogP contribution in [0.25, 0.3) is 0 Å². The van der Waals surface area contributed by atoms with Gasteiger partial charge in [-0.2, -0.15) is 5.10 Å². The summed E-state index contributed by atoms with van der Waals surface area (Å²) >= 11 is 0. The van der Waals surface area contributed by atoms with Crippen molar-refractivity contribution in [2.75, 3.05) is 20.7 Å². The fourth-order valence-corrected chi connectivity index (χ4v) is 1.13. The zero-order valence-electron chi connectivity index (χ0n) is 8.00. The van der Waals surface area contributed by atoms with E-state index in [1.54, 1.807) is 14.1 Å². The lowest BCUT2D eigenvalue weighted by molar-refractivity contribution is 0.0981. The number of carbonyl (C=O) groups excluding carboxylic acids is 1. The molecule has 5 heteroatoms. The average Bonchev–Trinajstić information content (AvgIpc) is 2.47. The summed E-state index contributed by atoms with van der Waals surface area (Å²) in [5.41, 5.74) is 0.497. The summed E-state index contributed by atoms with van der Waals surface area (Å²) < 4.78 is 6.51. The van der Waals surface area contributed by atoms with Crippen LogP contribution in [-0.4, -0.2) is 36.3 Å². The Morgan fingerprint density at radius 3 is 3.00 bits per heavy atom. The Morgan fingerprint density at radius 1 is 1.77 bits per heavy atom. The number of hydrogen-bond acceptors (Lipinski definition) is 4. The molecule has 5 nitrogen and oxygen atoms in total. The summed E-state index contributed by atoms with van der Waals surface area (Å²) in [6.07, 6.45) is 1.53. The van der Waals surface area contributed by atoms with Crippen LogP contribution in [0.2, 0.25) is 0 Å². The van der Waals surface area contributed by atoms with Gasteiger partial charge in [0.05, 0.1) is 19.9 Å². The Bertz CT molecular complexity index is 306. The fraction of sp³-hybridized carbons (Fsp3) is 0.500. The number of likely N-dealkylation sites (N-methyl/N-ethyl adjacent to an activating group) is 1. The summed E-state index contributed by atoms with van der Waals surface area (Å²) in [6, 6.07) is 0. The number of Topliss-reactive ketones (excluding diaryl/α,β-unsaturated/α-hetero) is 1. The molecule has 0 aliphatic carbocycles. The first-order valence-corrected chi connectivity index (χ1v) is 3.94. The van der Waals surface area contributed by atoms with Crippen LogP contribution < -0.4 is 10.1 Å². The molecule has 13 heavy (non-hydrogen) atoms. The summed E-state index contributed by atoms with van der Waals surface area (Å²) in [6.45, 7) is 0.288. The van der Waals surface area contributed by atoms with E-state index in [4.69, 9.17) is 4.74 Å². The van der Waals surface area contributed by atoms with Crippen molar-refractivity contribution in [1.82, 2.24) is 15.1 Å². The number of methoxy groups -OCH3 is 1. The number of rotatable bonds is 4. The minimum atomic E-state index is -0.0284. The molecular formula is C8H13N3O2. The number of carbonyl (C=O) groups is 1. The molecule has 0 fully saturated rings. The zero-order valence-corrected chi connectivity index (χ0v) is 8.00. The Balaban J connectivity index is 2.96. The molecule has 0 unspecified atom stereocenters. The van der Waals surface area contributed by atoms with Crippen LogP contribution in [0.1, 0.15) is 10.5 Å². The lowest BCUT2D eigenvalue weighted by Gasteiger charge is -2.03. The molecule has 0 aliphatic heterocycles. The highest BCUT2D eigenvalue weighted by Gasteiger charge is 2.16.